The van der Waals surface area contributed by atoms with Gasteiger partial charge in [0, 0.05) is 11.1 Å². The highest BCUT2D eigenvalue weighted by Crippen LogP contribution is 2.36. The van der Waals surface area contributed by atoms with Gasteiger partial charge in [0.2, 0.25) is 0 Å². The average molecular weight is 293 g/mol. The molecule has 0 aliphatic rings. The molecule has 3 nitrogen and oxygen atoms in total. The summed E-state index contributed by atoms with van der Waals surface area (Å²) in [4.78, 5) is 7.29. The Bertz CT molecular complexity index is 532. The van der Waals surface area contributed by atoms with Gasteiger partial charge in [0.15, 0.2) is 5.13 Å². The van der Waals surface area contributed by atoms with Gasteiger partial charge in [-0.15, -0.1) is 11.3 Å². The Morgan fingerprint density at radius 2 is 2.11 bits per heavy atom. The molecule has 1 unspecified atom stereocenters. The number of nitrogens with one attached hydrogen (secondary N) is 1. The molecule has 0 aromatic carbocycles. The van der Waals surface area contributed by atoms with E-state index in [0.717, 1.165) is 16.9 Å². The SMILES string of the molecule is Cc1csc(C(C)Nc2ncc(C(F)(F)F)s2)n1. The van der Waals surface area contributed by atoms with Gasteiger partial charge in [0.05, 0.1) is 12.2 Å². The molecule has 0 radical (unpaired) electrons. The lowest BCUT2D eigenvalue weighted by Gasteiger charge is -2.09. The minimum Gasteiger partial charge on any atom is -0.353 e. The highest BCUT2D eigenvalue weighted by molar-refractivity contribution is 7.15. The van der Waals surface area contributed by atoms with E-state index in [-0.39, 0.29) is 11.2 Å². The van der Waals surface area contributed by atoms with Crippen LogP contribution in [0.1, 0.15) is 28.5 Å². The number of halogens is 3. The van der Waals surface area contributed by atoms with E-state index < -0.39 is 11.1 Å². The number of nitrogens with zero attached hydrogens (tertiary/aromatic N) is 2. The number of hydrogen-bond donors (Lipinski definition) is 1. The molecule has 2 heterocycles. The summed E-state index contributed by atoms with van der Waals surface area (Å²) in [7, 11) is 0. The number of anilines is 1. The van der Waals surface area contributed by atoms with Crippen LogP contribution in [0.5, 0.6) is 0 Å². The van der Waals surface area contributed by atoms with E-state index in [1.165, 1.54) is 11.3 Å². The molecule has 2 aromatic rings. The van der Waals surface area contributed by atoms with Crippen LogP contribution in [0, 0.1) is 6.92 Å². The van der Waals surface area contributed by atoms with Crippen molar-refractivity contribution in [3.8, 4) is 0 Å². The van der Waals surface area contributed by atoms with E-state index in [1.54, 1.807) is 0 Å². The molecule has 2 rings (SSSR count). The predicted octanol–water partition coefficient (Wildman–Crippen LogP) is 4.10. The van der Waals surface area contributed by atoms with Crippen molar-refractivity contribution in [2.45, 2.75) is 26.1 Å². The van der Waals surface area contributed by atoms with Crippen molar-refractivity contribution in [1.82, 2.24) is 9.97 Å². The fourth-order valence-electron chi connectivity index (χ4n) is 1.29. The molecule has 1 atom stereocenters. The van der Waals surface area contributed by atoms with Crippen molar-refractivity contribution < 1.29 is 13.2 Å². The number of alkyl halides is 3. The van der Waals surface area contributed by atoms with E-state index in [1.807, 2.05) is 19.2 Å². The molecular weight excluding hydrogens is 283 g/mol. The zero-order valence-corrected chi connectivity index (χ0v) is 11.2. The maximum Gasteiger partial charge on any atom is 0.427 e. The normalized spacial score (nSPS) is 13.6. The Balaban J connectivity index is 2.08. The summed E-state index contributed by atoms with van der Waals surface area (Å²) in [5.41, 5.74) is 0.902. The van der Waals surface area contributed by atoms with Crippen molar-refractivity contribution in [2.24, 2.45) is 0 Å². The predicted molar refractivity (Wildman–Crippen MR) is 66.0 cm³/mol. The summed E-state index contributed by atoms with van der Waals surface area (Å²) in [6.45, 7) is 3.71. The highest BCUT2D eigenvalue weighted by Gasteiger charge is 2.33. The van der Waals surface area contributed by atoms with Gasteiger partial charge in [-0.3, -0.25) is 0 Å². The van der Waals surface area contributed by atoms with Gasteiger partial charge < -0.3 is 5.32 Å². The number of hydrogen-bond acceptors (Lipinski definition) is 5. The maximum atomic E-state index is 12.4. The Hall–Kier alpha value is -1.15. The van der Waals surface area contributed by atoms with Crippen LogP contribution in [0.25, 0.3) is 0 Å². The molecule has 0 aliphatic heterocycles. The van der Waals surface area contributed by atoms with E-state index in [2.05, 4.69) is 15.3 Å². The van der Waals surface area contributed by atoms with E-state index >= 15 is 0 Å². The molecule has 1 N–H and O–H groups in total. The van der Waals surface area contributed by atoms with Crippen LogP contribution in [0.3, 0.4) is 0 Å². The molecule has 0 amide bonds. The van der Waals surface area contributed by atoms with Gasteiger partial charge in [-0.1, -0.05) is 11.3 Å². The van der Waals surface area contributed by atoms with Gasteiger partial charge >= 0.3 is 6.18 Å². The number of rotatable bonds is 3. The fraction of sp³-hybridized carbons (Fsp3) is 0.400. The number of thiazole rings is 2. The van der Waals surface area contributed by atoms with E-state index in [4.69, 9.17) is 0 Å². The largest absolute Gasteiger partial charge is 0.427 e. The summed E-state index contributed by atoms with van der Waals surface area (Å²) < 4.78 is 37.2. The van der Waals surface area contributed by atoms with E-state index in [9.17, 15) is 13.2 Å². The molecule has 98 valence electrons. The number of aromatic nitrogens is 2. The summed E-state index contributed by atoms with van der Waals surface area (Å²) in [5, 5.41) is 5.90. The average Bonchev–Trinajstić information content (AvgIpc) is 2.85. The molecule has 0 saturated heterocycles. The smallest absolute Gasteiger partial charge is 0.353 e. The van der Waals surface area contributed by atoms with E-state index in [0.29, 0.717) is 11.3 Å². The molecule has 0 aliphatic carbocycles. The van der Waals surface area contributed by atoms with Gasteiger partial charge in [-0.25, -0.2) is 9.97 Å². The third-order valence-corrected chi connectivity index (χ3v) is 4.25. The van der Waals surface area contributed by atoms with Crippen molar-refractivity contribution >= 4 is 27.8 Å². The summed E-state index contributed by atoms with van der Waals surface area (Å²) in [6.07, 6.45) is -3.49. The van der Waals surface area contributed by atoms with Gasteiger partial charge in [0.1, 0.15) is 9.88 Å². The van der Waals surface area contributed by atoms with Crippen LogP contribution in [-0.4, -0.2) is 9.97 Å². The lowest BCUT2D eigenvalue weighted by molar-refractivity contribution is -0.134. The Morgan fingerprint density at radius 3 is 2.61 bits per heavy atom. The number of aryl methyl sites for hydroxylation is 1. The van der Waals surface area contributed by atoms with Crippen LogP contribution in [0.15, 0.2) is 11.6 Å². The molecule has 0 saturated carbocycles. The quantitative estimate of drug-likeness (QED) is 0.925. The Kier molecular flexibility index (Phi) is 3.58. The Labute approximate surface area is 110 Å². The van der Waals surface area contributed by atoms with Gasteiger partial charge in [-0.2, -0.15) is 13.2 Å². The summed E-state index contributed by atoms with van der Waals surface area (Å²) in [6, 6.07) is -0.157. The molecule has 18 heavy (non-hydrogen) atoms. The molecule has 0 fully saturated rings. The summed E-state index contributed by atoms with van der Waals surface area (Å²) >= 11 is 2.07. The fourth-order valence-corrected chi connectivity index (χ4v) is 2.86. The van der Waals surface area contributed by atoms with Crippen LogP contribution in [-0.2, 0) is 6.18 Å². The lowest BCUT2D eigenvalue weighted by atomic mass is 10.4. The molecule has 0 bridgehead atoms. The first-order valence-electron chi connectivity index (χ1n) is 5.08. The van der Waals surface area contributed by atoms with Crippen LogP contribution < -0.4 is 5.32 Å². The van der Waals surface area contributed by atoms with Crippen LogP contribution in [0.4, 0.5) is 18.3 Å². The standard InChI is InChI=1S/C10H10F3N3S2/c1-5-4-17-8(15-5)6(2)16-9-14-3-7(18-9)10(11,12)13/h3-4,6H,1-2H3,(H,14,16). The van der Waals surface area contributed by atoms with Crippen molar-refractivity contribution in [3.63, 3.8) is 0 Å². The second kappa shape index (κ2) is 4.85. The molecular formula is C10H10F3N3S2. The Morgan fingerprint density at radius 1 is 1.39 bits per heavy atom. The first kappa shape index (κ1) is 13.3. The third kappa shape index (κ3) is 2.99. The van der Waals surface area contributed by atoms with Crippen LogP contribution in [0.2, 0.25) is 0 Å². The van der Waals surface area contributed by atoms with Crippen molar-refractivity contribution in [1.29, 1.82) is 0 Å². The maximum absolute atomic E-state index is 12.4. The van der Waals surface area contributed by atoms with Crippen molar-refractivity contribution in [3.05, 3.63) is 27.2 Å². The summed E-state index contributed by atoms with van der Waals surface area (Å²) in [5.74, 6) is 0. The second-order valence-electron chi connectivity index (χ2n) is 3.72. The van der Waals surface area contributed by atoms with Gasteiger partial charge in [-0.05, 0) is 13.8 Å². The molecule has 2 aromatic heterocycles. The minimum atomic E-state index is -4.33. The van der Waals surface area contributed by atoms with Crippen molar-refractivity contribution in [2.75, 3.05) is 5.32 Å². The topological polar surface area (TPSA) is 37.8 Å². The second-order valence-corrected chi connectivity index (χ2v) is 5.64. The monoisotopic (exact) mass is 293 g/mol. The first-order chi connectivity index (χ1) is 8.36. The zero-order valence-electron chi connectivity index (χ0n) is 9.58. The lowest BCUT2D eigenvalue weighted by Crippen LogP contribution is -2.05. The zero-order chi connectivity index (χ0) is 13.3. The highest BCUT2D eigenvalue weighted by atomic mass is 32.1. The van der Waals surface area contributed by atoms with Crippen LogP contribution >= 0.6 is 22.7 Å². The third-order valence-electron chi connectivity index (χ3n) is 2.13. The van der Waals surface area contributed by atoms with Gasteiger partial charge in [0.25, 0.3) is 0 Å². The minimum absolute atomic E-state index is 0.157. The molecule has 8 heteroatoms. The first-order valence-corrected chi connectivity index (χ1v) is 6.77. The molecule has 0 spiro atoms.